The van der Waals surface area contributed by atoms with Gasteiger partial charge in [-0.3, -0.25) is 19.2 Å². The van der Waals surface area contributed by atoms with Crippen LogP contribution in [-0.2, 0) is 25.7 Å². The van der Waals surface area contributed by atoms with Crippen LogP contribution in [0.2, 0.25) is 0 Å². The predicted molar refractivity (Wildman–Crippen MR) is 159 cm³/mol. The van der Waals surface area contributed by atoms with Crippen molar-refractivity contribution in [3.63, 3.8) is 0 Å². The van der Waals surface area contributed by atoms with Crippen molar-refractivity contribution in [2.24, 2.45) is 5.92 Å². The molecule has 4 amide bonds. The highest BCUT2D eigenvalue weighted by Gasteiger charge is 2.43. The molecular formula is C32H34FN5O5. The van der Waals surface area contributed by atoms with Gasteiger partial charge in [-0.1, -0.05) is 31.2 Å². The molecule has 2 aliphatic rings. The summed E-state index contributed by atoms with van der Waals surface area (Å²) < 4.78 is 20.4. The second-order valence-electron chi connectivity index (χ2n) is 10.7. The molecule has 1 saturated heterocycles. The van der Waals surface area contributed by atoms with Gasteiger partial charge in [-0.05, 0) is 72.4 Å². The summed E-state index contributed by atoms with van der Waals surface area (Å²) in [6, 6.07) is 15.5. The zero-order valence-electron chi connectivity index (χ0n) is 23.8. The Morgan fingerprint density at radius 2 is 1.72 bits per heavy atom. The van der Waals surface area contributed by atoms with Gasteiger partial charge < -0.3 is 31.3 Å². The maximum absolute atomic E-state index is 15.0. The normalized spacial score (nSPS) is 17.1. The summed E-state index contributed by atoms with van der Waals surface area (Å²) in [4.78, 5) is 54.7. The Morgan fingerprint density at radius 3 is 2.44 bits per heavy atom. The molecular weight excluding hydrogens is 553 g/mol. The molecule has 0 spiro atoms. The number of nitrogens with two attached hydrogens (primary N) is 1. The van der Waals surface area contributed by atoms with Gasteiger partial charge in [-0.15, -0.1) is 0 Å². The summed E-state index contributed by atoms with van der Waals surface area (Å²) in [5.74, 6) is -2.69. The molecule has 11 heteroatoms. The van der Waals surface area contributed by atoms with Crippen molar-refractivity contribution in [2.75, 3.05) is 29.6 Å². The molecule has 5 N–H and O–H groups in total. The Kier molecular flexibility index (Phi) is 9.01. The monoisotopic (exact) mass is 587 g/mol. The molecule has 0 aliphatic carbocycles. The highest BCUT2D eigenvalue weighted by atomic mass is 19.1. The Morgan fingerprint density at radius 1 is 1.00 bits per heavy atom. The molecule has 0 bridgehead atoms. The topological polar surface area (TPSA) is 143 Å². The largest absolute Gasteiger partial charge is 0.399 e. The number of hydrogen-bond donors (Lipinski definition) is 4. The highest BCUT2D eigenvalue weighted by Crippen LogP contribution is 2.36. The molecule has 2 atom stereocenters. The predicted octanol–water partition coefficient (Wildman–Crippen LogP) is 4.00. The van der Waals surface area contributed by atoms with Crippen LogP contribution in [0, 0.1) is 11.7 Å². The first-order chi connectivity index (χ1) is 20.7. The van der Waals surface area contributed by atoms with E-state index in [4.69, 9.17) is 10.5 Å². The Bertz CT molecular complexity index is 1520. The minimum Gasteiger partial charge on any atom is -0.399 e. The summed E-state index contributed by atoms with van der Waals surface area (Å²) in [7, 11) is 0. The average Bonchev–Trinajstić information content (AvgIpc) is 3.42. The number of nitrogens with zero attached hydrogens (tertiary/aromatic N) is 1. The lowest BCUT2D eigenvalue weighted by molar-refractivity contribution is -0.144. The number of hydrogen-bond acceptors (Lipinski definition) is 6. The van der Waals surface area contributed by atoms with E-state index < -0.39 is 29.7 Å². The number of ether oxygens (including phenoxy) is 1. The van der Waals surface area contributed by atoms with E-state index in [1.165, 1.54) is 17.0 Å². The molecule has 2 heterocycles. The molecule has 3 aromatic carbocycles. The summed E-state index contributed by atoms with van der Waals surface area (Å²) in [5.41, 5.74) is 8.05. The molecule has 0 aromatic heterocycles. The number of anilines is 3. The van der Waals surface area contributed by atoms with E-state index in [0.717, 1.165) is 11.6 Å². The van der Waals surface area contributed by atoms with Crippen molar-refractivity contribution in [1.29, 1.82) is 0 Å². The number of nitrogens with one attached hydrogen (secondary N) is 3. The number of carbonyl (C=O) groups is 4. The van der Waals surface area contributed by atoms with Crippen molar-refractivity contribution in [3.8, 4) is 0 Å². The molecule has 2 aliphatic heterocycles. The van der Waals surface area contributed by atoms with Crippen LogP contribution in [0.1, 0.15) is 53.7 Å². The van der Waals surface area contributed by atoms with Gasteiger partial charge in [0.15, 0.2) is 0 Å². The van der Waals surface area contributed by atoms with E-state index in [1.54, 1.807) is 43.3 Å². The molecule has 43 heavy (non-hydrogen) atoms. The van der Waals surface area contributed by atoms with E-state index in [0.29, 0.717) is 43.0 Å². The van der Waals surface area contributed by atoms with Crippen LogP contribution in [0.25, 0.3) is 0 Å². The van der Waals surface area contributed by atoms with E-state index in [2.05, 4.69) is 16.0 Å². The second kappa shape index (κ2) is 13.0. The quantitative estimate of drug-likeness (QED) is 0.294. The van der Waals surface area contributed by atoms with E-state index >= 15 is 0 Å². The van der Waals surface area contributed by atoms with Gasteiger partial charge in [0.1, 0.15) is 17.9 Å². The highest BCUT2D eigenvalue weighted by molar-refractivity contribution is 6.06. The first-order valence-electron chi connectivity index (χ1n) is 14.3. The molecule has 224 valence electrons. The molecule has 5 rings (SSSR count). The van der Waals surface area contributed by atoms with Crippen molar-refractivity contribution in [3.05, 3.63) is 89.2 Å². The second-order valence-corrected chi connectivity index (χ2v) is 10.7. The fraction of sp³-hybridized carbons (Fsp3) is 0.312. The van der Waals surface area contributed by atoms with Gasteiger partial charge in [-0.2, -0.15) is 0 Å². The van der Waals surface area contributed by atoms with Crippen molar-refractivity contribution >= 4 is 40.7 Å². The summed E-state index contributed by atoms with van der Waals surface area (Å²) in [5, 5.41) is 8.19. The summed E-state index contributed by atoms with van der Waals surface area (Å²) in [6.45, 7) is 2.81. The lowest BCUT2D eigenvalue weighted by Crippen LogP contribution is -2.53. The molecule has 0 radical (unpaired) electrons. The van der Waals surface area contributed by atoms with Crippen molar-refractivity contribution in [1.82, 2.24) is 10.2 Å². The van der Waals surface area contributed by atoms with E-state index in [-0.39, 0.29) is 41.9 Å². The number of rotatable bonds is 8. The molecule has 3 aromatic rings. The van der Waals surface area contributed by atoms with Crippen LogP contribution in [0.3, 0.4) is 0 Å². The van der Waals surface area contributed by atoms with Crippen LogP contribution in [0.4, 0.5) is 21.5 Å². The maximum Gasteiger partial charge on any atom is 0.255 e. The minimum atomic E-state index is -1.07. The molecule has 0 unspecified atom stereocenters. The third-order valence-corrected chi connectivity index (χ3v) is 7.83. The third kappa shape index (κ3) is 6.67. The van der Waals surface area contributed by atoms with Gasteiger partial charge in [0.25, 0.3) is 11.8 Å². The van der Waals surface area contributed by atoms with Gasteiger partial charge in [0.05, 0.1) is 5.69 Å². The molecule has 1 fully saturated rings. The van der Waals surface area contributed by atoms with Crippen LogP contribution in [0.15, 0.2) is 66.7 Å². The van der Waals surface area contributed by atoms with Gasteiger partial charge in [0.2, 0.25) is 11.8 Å². The number of halogens is 1. The third-order valence-electron chi connectivity index (χ3n) is 7.83. The summed E-state index contributed by atoms with van der Waals surface area (Å²) in [6.07, 6.45) is 1.39. The number of fused-ring (bicyclic) bond motifs is 1. The molecule has 10 nitrogen and oxygen atoms in total. The zero-order chi connectivity index (χ0) is 30.5. The standard InChI is InChI=1S/C32H34FN5O5/c1-2-27(39)37-28(19-13-15-43-16-14-19)32(42)38-18-21-5-3-4-6-24(21)29(38)31(41)36-26-17-20(7-12-25(26)33)30(40)35-23-10-8-22(34)9-11-23/h3-12,17,19,28-29H,2,13-16,18,34H2,1H3,(H,35,40)(H,36,41)(H,37,39)/t28-,29-/m0/s1. The Balaban J connectivity index is 1.40. The van der Waals surface area contributed by atoms with Crippen molar-refractivity contribution < 1.29 is 28.3 Å². The number of carbonyl (C=O) groups excluding carboxylic acids is 4. The Labute approximate surface area is 248 Å². The number of amides is 4. The molecule has 0 saturated carbocycles. The number of benzene rings is 3. The van der Waals surface area contributed by atoms with Crippen LogP contribution >= 0.6 is 0 Å². The summed E-state index contributed by atoms with van der Waals surface area (Å²) >= 11 is 0. The lowest BCUT2D eigenvalue weighted by Gasteiger charge is -2.34. The first kappa shape index (κ1) is 29.7. The minimum absolute atomic E-state index is 0.120. The van der Waals surface area contributed by atoms with Crippen LogP contribution < -0.4 is 21.7 Å². The lowest BCUT2D eigenvalue weighted by atomic mass is 9.90. The zero-order valence-corrected chi connectivity index (χ0v) is 23.8. The van der Waals surface area contributed by atoms with Crippen LogP contribution in [-0.4, -0.2) is 47.8 Å². The smallest absolute Gasteiger partial charge is 0.255 e. The van der Waals surface area contributed by atoms with E-state index in [1.807, 2.05) is 12.1 Å². The average molecular weight is 588 g/mol. The van der Waals surface area contributed by atoms with Gasteiger partial charge in [0, 0.05) is 43.1 Å². The number of nitrogen functional groups attached to an aromatic ring is 1. The van der Waals surface area contributed by atoms with Gasteiger partial charge >= 0.3 is 0 Å². The Hall–Kier alpha value is -4.77. The van der Waals surface area contributed by atoms with Gasteiger partial charge in [-0.25, -0.2) is 4.39 Å². The fourth-order valence-corrected chi connectivity index (χ4v) is 5.49. The SMILES string of the molecule is CCC(=O)N[C@H](C(=O)N1Cc2ccccc2[C@H]1C(=O)Nc1cc(C(=O)Nc2ccc(N)cc2)ccc1F)C1CCOCC1. The first-order valence-corrected chi connectivity index (χ1v) is 14.3. The fourth-order valence-electron chi connectivity index (χ4n) is 5.49. The van der Waals surface area contributed by atoms with E-state index in [9.17, 15) is 23.6 Å². The van der Waals surface area contributed by atoms with Crippen LogP contribution in [0.5, 0.6) is 0 Å². The van der Waals surface area contributed by atoms with Crippen molar-refractivity contribution in [2.45, 2.75) is 44.8 Å². The maximum atomic E-state index is 15.0.